The van der Waals surface area contributed by atoms with Crippen LogP contribution in [-0.2, 0) is 16.6 Å². The molecule has 1 aromatic carbocycles. The van der Waals surface area contributed by atoms with Gasteiger partial charge >= 0.3 is 12.1 Å². The Morgan fingerprint density at radius 1 is 1.10 bits per heavy atom. The summed E-state index contributed by atoms with van der Waals surface area (Å²) in [5, 5.41) is 22.1. The summed E-state index contributed by atoms with van der Waals surface area (Å²) in [5.74, 6) is -3.83. The van der Waals surface area contributed by atoms with Gasteiger partial charge in [-0.3, -0.25) is 23.8 Å². The van der Waals surface area contributed by atoms with Crippen LogP contribution in [0.5, 0.6) is 0 Å². The predicted molar refractivity (Wildman–Crippen MR) is 164 cm³/mol. The number of nitrogens with one attached hydrogen (secondary N) is 1. The molecule has 0 unspecified atom stereocenters. The predicted octanol–water partition coefficient (Wildman–Crippen LogP) is 5.06. The van der Waals surface area contributed by atoms with Gasteiger partial charge in [0.15, 0.2) is 5.82 Å². The van der Waals surface area contributed by atoms with Crippen LogP contribution in [-0.4, -0.2) is 62.5 Å². The minimum absolute atomic E-state index is 0.0367. The third-order valence-electron chi connectivity index (χ3n) is 7.57. The quantitative estimate of drug-likeness (QED) is 0.247. The fraction of sp³-hybridized carbons (Fsp3) is 0.267. The lowest BCUT2D eigenvalue weighted by Gasteiger charge is -2.22. The maximum atomic E-state index is 15.3. The number of carbonyl (C=O) groups excluding carboxylic acids is 1. The lowest BCUT2D eigenvalue weighted by atomic mass is 9.97. The SMILES string of the molecule is C[C@@H]1CCC[C@H](n2cnc(-c3c(-n4ccnn4)ccc(Cl)c3F)cc2=O)c2cc(ccn2)-c2c(cnn2C)NC1=O.O=C(O)C(F)(F)F. The molecule has 4 aromatic heterocycles. The van der Waals surface area contributed by atoms with Crippen LogP contribution in [0, 0.1) is 11.7 Å². The normalized spacial score (nSPS) is 16.4. The van der Waals surface area contributed by atoms with Crippen molar-refractivity contribution in [3.05, 3.63) is 88.3 Å². The first-order valence-corrected chi connectivity index (χ1v) is 14.7. The molecule has 6 rings (SSSR count). The Labute approximate surface area is 273 Å². The van der Waals surface area contributed by atoms with Crippen molar-refractivity contribution in [2.45, 2.75) is 38.4 Å². The van der Waals surface area contributed by atoms with Crippen molar-refractivity contribution in [2.75, 3.05) is 5.32 Å². The first-order valence-electron chi connectivity index (χ1n) is 14.3. The van der Waals surface area contributed by atoms with Crippen LogP contribution in [0.4, 0.5) is 23.2 Å². The molecule has 0 radical (unpaired) electrons. The third-order valence-corrected chi connectivity index (χ3v) is 7.86. The number of anilines is 1. The van der Waals surface area contributed by atoms with E-state index in [0.717, 1.165) is 11.3 Å². The highest BCUT2D eigenvalue weighted by molar-refractivity contribution is 6.31. The van der Waals surface area contributed by atoms with Gasteiger partial charge in [-0.1, -0.05) is 30.2 Å². The van der Waals surface area contributed by atoms with Gasteiger partial charge in [0.1, 0.15) is 0 Å². The smallest absolute Gasteiger partial charge is 0.475 e. The van der Waals surface area contributed by atoms with Gasteiger partial charge in [-0.15, -0.1) is 5.10 Å². The molecule has 18 heteroatoms. The zero-order chi connectivity index (χ0) is 34.7. The second kappa shape index (κ2) is 13.7. The fourth-order valence-corrected chi connectivity index (χ4v) is 5.33. The van der Waals surface area contributed by atoms with Crippen molar-refractivity contribution in [2.24, 2.45) is 13.0 Å². The van der Waals surface area contributed by atoms with Crippen LogP contribution in [0.15, 0.2) is 66.2 Å². The Balaban J connectivity index is 0.000000582. The maximum Gasteiger partial charge on any atom is 0.490 e. The second-order valence-corrected chi connectivity index (χ2v) is 11.2. The van der Waals surface area contributed by atoms with E-state index in [0.29, 0.717) is 36.3 Å². The molecule has 2 N–H and O–H groups in total. The summed E-state index contributed by atoms with van der Waals surface area (Å²) >= 11 is 6.10. The van der Waals surface area contributed by atoms with Gasteiger partial charge < -0.3 is 10.4 Å². The third kappa shape index (κ3) is 7.10. The number of halogens is 5. The molecule has 48 heavy (non-hydrogen) atoms. The van der Waals surface area contributed by atoms with Crippen molar-refractivity contribution in [3.63, 3.8) is 0 Å². The molecule has 0 fully saturated rings. The van der Waals surface area contributed by atoms with Crippen LogP contribution in [0.25, 0.3) is 28.2 Å². The van der Waals surface area contributed by atoms with Crippen LogP contribution in [0.3, 0.4) is 0 Å². The van der Waals surface area contributed by atoms with Gasteiger partial charge in [-0.2, -0.15) is 18.3 Å². The highest BCUT2D eigenvalue weighted by atomic mass is 35.5. The molecule has 1 amide bonds. The van der Waals surface area contributed by atoms with Crippen LogP contribution in [0.1, 0.15) is 37.9 Å². The number of hydrogen-bond acceptors (Lipinski definition) is 8. The fourth-order valence-electron chi connectivity index (χ4n) is 5.18. The number of aliphatic carboxylic acids is 1. The number of carboxylic acids is 1. The Morgan fingerprint density at radius 2 is 1.85 bits per heavy atom. The first kappa shape index (κ1) is 33.9. The standard InChI is InChI=1S/C28H25ClFN9O2.C2HF3O2/c1-16-4-3-5-22(19-12-17(8-9-31-19)27-21(35-28(16)41)14-34-37(27)2)38-15-32-20(13-24(38)40)25-23(39-11-10-33-36-39)7-6-18(29)26(25)30;3-2(4,5)1(6)7/h6-16,22H,3-5H2,1-2H3,(H,35,41);(H,6,7)/t16-,22+;/m1./s1. The van der Waals surface area contributed by atoms with Crippen LogP contribution >= 0.6 is 11.6 Å². The van der Waals surface area contributed by atoms with E-state index in [9.17, 15) is 22.8 Å². The number of rotatable bonds is 3. The molecule has 0 saturated heterocycles. The Morgan fingerprint density at radius 3 is 2.52 bits per heavy atom. The number of pyridine rings is 1. The number of hydrogen-bond donors (Lipinski definition) is 2. The summed E-state index contributed by atoms with van der Waals surface area (Å²) in [6, 6.07) is 7.54. The Bertz CT molecular complexity index is 2030. The molecule has 2 atom stereocenters. The molecular formula is C30H26ClF4N9O4. The Hall–Kier alpha value is -5.45. The molecule has 13 nitrogen and oxygen atoms in total. The lowest BCUT2D eigenvalue weighted by molar-refractivity contribution is -0.192. The zero-order valence-electron chi connectivity index (χ0n) is 25.2. The zero-order valence-corrected chi connectivity index (χ0v) is 25.9. The average Bonchev–Trinajstić information content (AvgIpc) is 3.70. The van der Waals surface area contributed by atoms with Crippen molar-refractivity contribution in [1.82, 2.24) is 39.3 Å². The first-order chi connectivity index (χ1) is 22.8. The molecular weight excluding hydrogens is 662 g/mol. The minimum atomic E-state index is -5.08. The van der Waals surface area contributed by atoms with Gasteiger partial charge in [-0.25, -0.2) is 18.9 Å². The number of benzene rings is 1. The topological polar surface area (TPSA) is 163 Å². The summed E-state index contributed by atoms with van der Waals surface area (Å²) in [5.41, 5.74) is 2.87. The number of carboxylic acid groups (broad SMARTS) is 1. The minimum Gasteiger partial charge on any atom is -0.475 e. The highest BCUT2D eigenvalue weighted by Crippen LogP contribution is 2.34. The monoisotopic (exact) mass is 687 g/mol. The summed E-state index contributed by atoms with van der Waals surface area (Å²) in [6.45, 7) is 1.87. The molecule has 5 aromatic rings. The van der Waals surface area contributed by atoms with Crippen molar-refractivity contribution in [3.8, 4) is 28.2 Å². The summed E-state index contributed by atoms with van der Waals surface area (Å²) in [6.07, 6.45) is 4.42. The van der Waals surface area contributed by atoms with E-state index in [4.69, 9.17) is 21.5 Å². The number of aryl methyl sites for hydroxylation is 1. The summed E-state index contributed by atoms with van der Waals surface area (Å²) in [7, 11) is 1.80. The molecule has 1 aliphatic heterocycles. The van der Waals surface area contributed by atoms with Gasteiger partial charge in [0.25, 0.3) is 5.56 Å². The maximum absolute atomic E-state index is 15.3. The second-order valence-electron chi connectivity index (χ2n) is 10.8. The van der Waals surface area contributed by atoms with Gasteiger partial charge in [-0.05, 0) is 37.1 Å². The molecule has 0 aliphatic carbocycles. The van der Waals surface area contributed by atoms with Crippen LogP contribution in [0.2, 0.25) is 5.02 Å². The van der Waals surface area contributed by atoms with Crippen LogP contribution < -0.4 is 10.9 Å². The summed E-state index contributed by atoms with van der Waals surface area (Å²) in [4.78, 5) is 44.5. The van der Waals surface area contributed by atoms with E-state index in [1.807, 2.05) is 19.1 Å². The van der Waals surface area contributed by atoms with E-state index in [-0.39, 0.29) is 28.1 Å². The van der Waals surface area contributed by atoms with E-state index >= 15 is 4.39 Å². The van der Waals surface area contributed by atoms with Crippen molar-refractivity contribution >= 4 is 29.2 Å². The van der Waals surface area contributed by atoms with Gasteiger partial charge in [0, 0.05) is 30.8 Å². The number of fused-ring (bicyclic) bond motifs is 4. The molecule has 2 bridgehead atoms. The lowest BCUT2D eigenvalue weighted by Crippen LogP contribution is -2.27. The van der Waals surface area contributed by atoms with E-state index in [1.54, 1.807) is 36.4 Å². The number of alkyl halides is 3. The molecule has 250 valence electrons. The number of nitrogens with zero attached hydrogens (tertiary/aromatic N) is 8. The van der Waals surface area contributed by atoms with E-state index < -0.39 is 29.6 Å². The average molecular weight is 688 g/mol. The van der Waals surface area contributed by atoms with E-state index in [2.05, 4.69) is 30.7 Å². The Kier molecular flexibility index (Phi) is 9.69. The van der Waals surface area contributed by atoms with Crippen molar-refractivity contribution < 1.29 is 32.3 Å². The number of carbonyl (C=O) groups is 2. The number of aromatic nitrogens is 8. The van der Waals surface area contributed by atoms with Crippen molar-refractivity contribution in [1.29, 1.82) is 0 Å². The molecule has 1 aliphatic rings. The van der Waals surface area contributed by atoms with E-state index in [1.165, 1.54) is 33.9 Å². The van der Waals surface area contributed by atoms with Gasteiger partial charge in [0.05, 0.1) is 70.0 Å². The van der Waals surface area contributed by atoms with Gasteiger partial charge in [0.2, 0.25) is 5.91 Å². The molecule has 0 saturated carbocycles. The molecule has 0 spiro atoms. The molecule has 5 heterocycles. The largest absolute Gasteiger partial charge is 0.490 e. The summed E-state index contributed by atoms with van der Waals surface area (Å²) < 4.78 is 51.6. The number of amides is 1. The highest BCUT2D eigenvalue weighted by Gasteiger charge is 2.38.